The Balaban J connectivity index is 1.26. The van der Waals surface area contributed by atoms with Crippen LogP contribution in [-0.2, 0) is 4.79 Å². The first-order valence-electron chi connectivity index (χ1n) is 11.8. The standard InChI is InChI=1S/C28H20N6O2/c35-28(16-3-1-4-16)31-20-6-2-5-17(11-20)19-12-22-26(33-34-27(22)30-14-19)24-13-21-23(32-24)7-9-29-25(21)18-8-10-36-15-18/h5,7-16,32H,1,3-4H2,(H,31,35)(H,30,33,34). The monoisotopic (exact) mass is 472 g/mol. The molecule has 1 saturated carbocycles. The number of anilines is 1. The van der Waals surface area contributed by atoms with Crippen LogP contribution in [0, 0.1) is 18.1 Å². The van der Waals surface area contributed by atoms with E-state index < -0.39 is 0 Å². The van der Waals surface area contributed by atoms with Crippen LogP contribution < -0.4 is 5.32 Å². The summed E-state index contributed by atoms with van der Waals surface area (Å²) in [7, 11) is 0. The maximum absolute atomic E-state index is 12.4. The van der Waals surface area contributed by atoms with Gasteiger partial charge in [0.15, 0.2) is 5.65 Å². The topological polar surface area (TPSA) is 112 Å². The molecule has 1 amide bonds. The fraction of sp³-hybridized carbons (Fsp3) is 0.143. The first-order chi connectivity index (χ1) is 17.7. The molecule has 36 heavy (non-hydrogen) atoms. The number of aromatic nitrogens is 5. The Bertz CT molecular complexity index is 1730. The molecule has 0 atom stereocenters. The fourth-order valence-corrected chi connectivity index (χ4v) is 4.64. The van der Waals surface area contributed by atoms with E-state index in [4.69, 9.17) is 4.42 Å². The number of hydrogen-bond donors (Lipinski definition) is 3. The number of nitrogens with one attached hydrogen (secondary N) is 3. The van der Waals surface area contributed by atoms with E-state index in [0.717, 1.165) is 69.3 Å². The van der Waals surface area contributed by atoms with Gasteiger partial charge in [0.1, 0.15) is 5.69 Å². The third-order valence-electron chi connectivity index (χ3n) is 6.82. The summed E-state index contributed by atoms with van der Waals surface area (Å²) in [6.07, 6.45) is 9.91. The highest BCUT2D eigenvalue weighted by molar-refractivity contribution is 6.00. The van der Waals surface area contributed by atoms with Crippen molar-refractivity contribution >= 4 is 33.5 Å². The molecule has 5 aromatic heterocycles. The zero-order valence-electron chi connectivity index (χ0n) is 19.1. The third-order valence-corrected chi connectivity index (χ3v) is 6.82. The lowest BCUT2D eigenvalue weighted by molar-refractivity contribution is -0.122. The van der Waals surface area contributed by atoms with Crippen LogP contribution in [0.3, 0.4) is 0 Å². The average molecular weight is 473 g/mol. The average Bonchev–Trinajstić information content (AvgIpc) is 3.61. The van der Waals surface area contributed by atoms with Crippen molar-refractivity contribution in [3.8, 4) is 33.8 Å². The summed E-state index contributed by atoms with van der Waals surface area (Å²) in [6, 6.07) is 17.7. The van der Waals surface area contributed by atoms with Crippen LogP contribution >= 0.6 is 0 Å². The SMILES string of the molecule is O=C(Nc1c#ccc(-c2cnc3[nH]nc(-c4cc5c(-c6ccoc6)nccc5[nH]4)c3c2)c1)C1CCC1. The predicted octanol–water partition coefficient (Wildman–Crippen LogP) is 5.77. The maximum atomic E-state index is 12.4. The Kier molecular flexibility index (Phi) is 4.61. The molecule has 0 aliphatic heterocycles. The van der Waals surface area contributed by atoms with E-state index in [-0.39, 0.29) is 11.8 Å². The quantitative estimate of drug-likeness (QED) is 0.295. The summed E-state index contributed by atoms with van der Waals surface area (Å²) in [5.74, 6) is 0.158. The number of pyridine rings is 2. The molecular formula is C28H20N6O2. The number of furan rings is 1. The second kappa shape index (κ2) is 8.10. The number of carbonyl (C=O) groups excluding carboxylic acids is 1. The van der Waals surface area contributed by atoms with Gasteiger partial charge in [0.2, 0.25) is 5.91 Å². The summed E-state index contributed by atoms with van der Waals surface area (Å²) in [6.45, 7) is 0. The van der Waals surface area contributed by atoms with E-state index >= 15 is 0 Å². The van der Waals surface area contributed by atoms with Gasteiger partial charge >= 0.3 is 0 Å². The molecule has 1 aromatic carbocycles. The van der Waals surface area contributed by atoms with Crippen LogP contribution in [-0.4, -0.2) is 31.1 Å². The van der Waals surface area contributed by atoms with Crippen LogP contribution in [0.1, 0.15) is 19.3 Å². The summed E-state index contributed by atoms with van der Waals surface area (Å²) in [4.78, 5) is 25.0. The minimum Gasteiger partial charge on any atom is -0.472 e. The summed E-state index contributed by atoms with van der Waals surface area (Å²) in [5.41, 5.74) is 7.42. The second-order valence-electron chi connectivity index (χ2n) is 9.05. The van der Waals surface area contributed by atoms with Gasteiger partial charge in [-0.25, -0.2) is 4.98 Å². The van der Waals surface area contributed by atoms with Crippen molar-refractivity contribution in [1.82, 2.24) is 25.1 Å². The number of fused-ring (bicyclic) bond motifs is 2. The number of amides is 1. The van der Waals surface area contributed by atoms with Gasteiger partial charge < -0.3 is 14.7 Å². The molecule has 0 spiro atoms. The van der Waals surface area contributed by atoms with Crippen molar-refractivity contribution in [2.45, 2.75) is 19.3 Å². The van der Waals surface area contributed by atoms with Gasteiger partial charge in [-0.2, -0.15) is 5.10 Å². The minimum absolute atomic E-state index is 0.0526. The van der Waals surface area contributed by atoms with E-state index in [9.17, 15) is 4.79 Å². The van der Waals surface area contributed by atoms with E-state index in [1.807, 2.05) is 36.4 Å². The molecule has 174 valence electrons. The lowest BCUT2D eigenvalue weighted by Crippen LogP contribution is -2.27. The molecule has 3 N–H and O–H groups in total. The van der Waals surface area contributed by atoms with Gasteiger partial charge in [0, 0.05) is 45.7 Å². The molecule has 7 rings (SSSR count). The van der Waals surface area contributed by atoms with Gasteiger partial charge in [0.25, 0.3) is 0 Å². The first kappa shape index (κ1) is 20.5. The van der Waals surface area contributed by atoms with Crippen molar-refractivity contribution in [2.75, 3.05) is 5.32 Å². The highest BCUT2D eigenvalue weighted by Crippen LogP contribution is 2.34. The van der Waals surface area contributed by atoms with Gasteiger partial charge in [-0.3, -0.25) is 14.9 Å². The summed E-state index contributed by atoms with van der Waals surface area (Å²) < 4.78 is 5.26. The molecule has 8 heteroatoms. The van der Waals surface area contributed by atoms with Crippen LogP contribution in [0.2, 0.25) is 0 Å². The third kappa shape index (κ3) is 3.41. The largest absolute Gasteiger partial charge is 0.472 e. The van der Waals surface area contributed by atoms with E-state index in [1.165, 1.54) is 0 Å². The molecule has 0 radical (unpaired) electrons. The Hall–Kier alpha value is -4.90. The molecule has 8 nitrogen and oxygen atoms in total. The molecule has 6 aromatic rings. The summed E-state index contributed by atoms with van der Waals surface area (Å²) >= 11 is 0. The number of carbonyl (C=O) groups is 1. The Morgan fingerprint density at radius 3 is 2.83 bits per heavy atom. The highest BCUT2D eigenvalue weighted by atomic mass is 16.3. The lowest BCUT2D eigenvalue weighted by Gasteiger charge is -2.23. The number of aromatic amines is 2. The molecule has 0 bridgehead atoms. The maximum Gasteiger partial charge on any atom is 0.227 e. The minimum atomic E-state index is 0.0526. The second-order valence-corrected chi connectivity index (χ2v) is 9.05. The van der Waals surface area contributed by atoms with Crippen LogP contribution in [0.15, 0.2) is 65.7 Å². The van der Waals surface area contributed by atoms with Gasteiger partial charge in [-0.15, -0.1) is 0 Å². The fourth-order valence-electron chi connectivity index (χ4n) is 4.64. The molecule has 5 heterocycles. The van der Waals surface area contributed by atoms with E-state index in [0.29, 0.717) is 11.3 Å². The van der Waals surface area contributed by atoms with Crippen molar-refractivity contribution in [2.24, 2.45) is 5.92 Å². The van der Waals surface area contributed by atoms with Crippen LogP contribution in [0.25, 0.3) is 55.7 Å². The predicted molar refractivity (Wildman–Crippen MR) is 136 cm³/mol. The Morgan fingerprint density at radius 2 is 2.00 bits per heavy atom. The molecule has 0 unspecified atom stereocenters. The van der Waals surface area contributed by atoms with Crippen molar-refractivity contribution in [3.05, 3.63) is 73.5 Å². The molecule has 1 aliphatic rings. The normalized spacial score (nSPS) is 13.6. The first-order valence-corrected chi connectivity index (χ1v) is 11.8. The van der Waals surface area contributed by atoms with Crippen molar-refractivity contribution in [1.29, 1.82) is 0 Å². The number of H-pyrrole nitrogens is 2. The molecule has 1 fully saturated rings. The highest BCUT2D eigenvalue weighted by Gasteiger charge is 2.25. The lowest BCUT2D eigenvalue weighted by atomic mass is 9.85. The van der Waals surface area contributed by atoms with Crippen LogP contribution in [0.5, 0.6) is 0 Å². The van der Waals surface area contributed by atoms with Gasteiger partial charge in [-0.1, -0.05) is 12.5 Å². The number of rotatable bonds is 5. The zero-order chi connectivity index (χ0) is 24.1. The number of nitrogens with zero attached hydrogens (tertiary/aromatic N) is 3. The van der Waals surface area contributed by atoms with Gasteiger partial charge in [-0.05, 0) is 60.9 Å². The smallest absolute Gasteiger partial charge is 0.227 e. The van der Waals surface area contributed by atoms with E-state index in [2.05, 4.69) is 42.6 Å². The zero-order valence-corrected chi connectivity index (χ0v) is 19.1. The van der Waals surface area contributed by atoms with Crippen molar-refractivity contribution < 1.29 is 9.21 Å². The molecule has 1 aliphatic carbocycles. The number of hydrogen-bond acceptors (Lipinski definition) is 5. The van der Waals surface area contributed by atoms with E-state index in [1.54, 1.807) is 24.9 Å². The van der Waals surface area contributed by atoms with Crippen molar-refractivity contribution in [3.63, 3.8) is 0 Å². The summed E-state index contributed by atoms with van der Waals surface area (Å²) in [5, 5.41) is 12.4. The van der Waals surface area contributed by atoms with Gasteiger partial charge in [0.05, 0.1) is 29.6 Å². The Morgan fingerprint density at radius 1 is 1.06 bits per heavy atom. The van der Waals surface area contributed by atoms with Crippen LogP contribution in [0.4, 0.5) is 5.69 Å². The Labute approximate surface area is 205 Å². The molecular weight excluding hydrogens is 452 g/mol. The molecule has 0 saturated heterocycles.